The summed E-state index contributed by atoms with van der Waals surface area (Å²) in [5.74, 6) is -0.466. The van der Waals surface area contributed by atoms with Crippen LogP contribution in [0.25, 0.3) is 5.57 Å². The quantitative estimate of drug-likeness (QED) is 0.0889. The van der Waals surface area contributed by atoms with Crippen molar-refractivity contribution in [1.82, 2.24) is 15.2 Å². The van der Waals surface area contributed by atoms with Crippen molar-refractivity contribution < 1.29 is 39.4 Å². The molecule has 0 radical (unpaired) electrons. The Bertz CT molecular complexity index is 1840. The van der Waals surface area contributed by atoms with Gasteiger partial charge in [-0.1, -0.05) is 54.1 Å². The van der Waals surface area contributed by atoms with E-state index in [2.05, 4.69) is 21.3 Å². The molecule has 12 nitrogen and oxygen atoms in total. The average Bonchev–Trinajstić information content (AvgIpc) is 3.17. The molecule has 2 atom stereocenters. The number of piperidine rings is 1. The fourth-order valence-electron chi connectivity index (χ4n) is 6.51. The Hall–Kier alpha value is -4.03. The summed E-state index contributed by atoms with van der Waals surface area (Å²) in [5, 5.41) is 51.7. The fourth-order valence-corrected chi connectivity index (χ4v) is 7.10. The zero-order valence-corrected chi connectivity index (χ0v) is 31.6. The van der Waals surface area contributed by atoms with Crippen LogP contribution in [0.15, 0.2) is 79.2 Å². The molecule has 0 saturated carbocycles. The number of aliphatic carboxylic acids is 1. The van der Waals surface area contributed by atoms with Crippen LogP contribution in [-0.2, 0) is 22.7 Å². The summed E-state index contributed by atoms with van der Waals surface area (Å²) in [6, 6.07) is 16.4. The number of likely N-dealkylation sites (tertiary alicyclic amines) is 1. The van der Waals surface area contributed by atoms with Gasteiger partial charge in [0.25, 0.3) is 0 Å². The molecule has 288 valence electrons. The summed E-state index contributed by atoms with van der Waals surface area (Å²) in [6.45, 7) is 3.48. The van der Waals surface area contributed by atoms with Gasteiger partial charge in [-0.2, -0.15) is 5.26 Å². The average molecular weight is 782 g/mol. The number of nitriles is 1. The zero-order valence-electron chi connectivity index (χ0n) is 30.1. The van der Waals surface area contributed by atoms with Gasteiger partial charge in [0.05, 0.1) is 29.8 Å². The molecule has 14 heteroatoms. The highest BCUT2D eigenvalue weighted by molar-refractivity contribution is 6.32. The largest absolute Gasteiger partial charge is 0.488 e. The zero-order chi connectivity index (χ0) is 38.8. The van der Waals surface area contributed by atoms with E-state index in [1.807, 2.05) is 55.5 Å². The molecule has 1 saturated heterocycles. The molecule has 54 heavy (non-hydrogen) atoms. The highest BCUT2D eigenvalue weighted by Crippen LogP contribution is 2.48. The number of hydrogen-bond acceptors (Lipinski definition) is 11. The lowest BCUT2D eigenvalue weighted by Crippen LogP contribution is -2.55. The van der Waals surface area contributed by atoms with Crippen LogP contribution in [0.2, 0.25) is 5.02 Å². The molecule has 1 aliphatic heterocycles. The van der Waals surface area contributed by atoms with Crippen molar-refractivity contribution in [3.05, 3.63) is 106 Å². The topological polar surface area (TPSA) is 178 Å². The molecule has 0 bridgehead atoms. The molecule has 1 fully saturated rings. The molecule has 0 spiro atoms. The van der Waals surface area contributed by atoms with E-state index in [0.29, 0.717) is 60.9 Å². The van der Waals surface area contributed by atoms with E-state index in [1.165, 1.54) is 6.20 Å². The van der Waals surface area contributed by atoms with E-state index < -0.39 is 28.1 Å². The number of aromatic nitrogens is 1. The Morgan fingerprint density at radius 2 is 1.83 bits per heavy atom. The summed E-state index contributed by atoms with van der Waals surface area (Å²) in [6.07, 6.45) is 9.76. The number of pyridine rings is 1. The molecule has 1 aromatic heterocycles. The van der Waals surface area contributed by atoms with Crippen LogP contribution in [-0.4, -0.2) is 104 Å². The molecular formula is C40H46Cl2N4O8. The second-order valence-electron chi connectivity index (χ2n) is 13.7. The molecule has 3 aromatic rings. The maximum absolute atomic E-state index is 11.5. The van der Waals surface area contributed by atoms with Crippen molar-refractivity contribution in [2.75, 3.05) is 46.1 Å². The molecular weight excluding hydrogens is 735 g/mol. The van der Waals surface area contributed by atoms with Crippen molar-refractivity contribution in [2.45, 2.75) is 61.5 Å². The first-order valence-electron chi connectivity index (χ1n) is 17.8. The summed E-state index contributed by atoms with van der Waals surface area (Å²) >= 11 is 14.4. The summed E-state index contributed by atoms with van der Waals surface area (Å²) < 4.78 is 19.4. The number of carbonyl (C=O) groups is 1. The smallest absolute Gasteiger partial charge is 0.335 e. The lowest BCUT2D eigenvalue weighted by Gasteiger charge is -2.45. The van der Waals surface area contributed by atoms with Crippen LogP contribution in [0.3, 0.4) is 0 Å². The predicted molar refractivity (Wildman–Crippen MR) is 204 cm³/mol. The third kappa shape index (κ3) is 9.79. The molecule has 2 aliphatic rings. The second kappa shape index (κ2) is 18.5. The van der Waals surface area contributed by atoms with Gasteiger partial charge >= 0.3 is 5.97 Å². The lowest BCUT2D eigenvalue weighted by molar-refractivity contribution is -0.163. The number of rotatable bonds is 18. The number of aliphatic hydroxyl groups is 3. The van der Waals surface area contributed by atoms with Crippen LogP contribution in [0, 0.1) is 11.3 Å². The van der Waals surface area contributed by atoms with Gasteiger partial charge in [-0.3, -0.25) is 4.98 Å². The minimum Gasteiger partial charge on any atom is -0.488 e. The van der Waals surface area contributed by atoms with Crippen molar-refractivity contribution >= 4 is 34.7 Å². The predicted octanol–water partition coefficient (Wildman–Crippen LogP) is 4.72. The molecule has 2 aromatic carbocycles. The highest BCUT2D eigenvalue weighted by atomic mass is 35.5. The van der Waals surface area contributed by atoms with Crippen LogP contribution in [0.4, 0.5) is 0 Å². The standard InChI is InChI=1S/C40H46Cl2N4O8/c1-38(42)33(30-7-3-2-4-8-30)9-5-10-40(38,54-16-6-13-46-14-11-39(51,12-15-46)37(49)50)27-53-36-19-35(52-26-29-17-28(20-43)21-44-22-29)31(18-34(36)41)23-45-32(24-47)25-48/h2-5,7-10,17-19,21-22,32,45,47-48,51H,6,11-16,23-27H2,1H3,(H,49,50). The number of hydrogen-bond donors (Lipinski definition) is 5. The summed E-state index contributed by atoms with van der Waals surface area (Å²) in [4.78, 5) is 16.6. The summed E-state index contributed by atoms with van der Waals surface area (Å²) in [5.41, 5.74) is 0.611. The van der Waals surface area contributed by atoms with Gasteiger partial charge in [0.15, 0.2) is 5.60 Å². The van der Waals surface area contributed by atoms with E-state index in [-0.39, 0.29) is 50.8 Å². The van der Waals surface area contributed by atoms with Crippen LogP contribution in [0.5, 0.6) is 11.5 Å². The van der Waals surface area contributed by atoms with Gasteiger partial charge in [-0.25, -0.2) is 4.79 Å². The van der Waals surface area contributed by atoms with Crippen LogP contribution < -0.4 is 14.8 Å². The van der Waals surface area contributed by atoms with Crippen molar-refractivity contribution in [3.63, 3.8) is 0 Å². The fraction of sp³-hybridized carbons (Fsp3) is 0.425. The molecule has 2 unspecified atom stereocenters. The van der Waals surface area contributed by atoms with Crippen molar-refractivity contribution in [2.24, 2.45) is 0 Å². The molecule has 5 rings (SSSR count). The number of aliphatic hydroxyl groups excluding tert-OH is 2. The third-order valence-corrected chi connectivity index (χ3v) is 10.8. The second-order valence-corrected chi connectivity index (χ2v) is 14.8. The Morgan fingerprint density at radius 3 is 2.52 bits per heavy atom. The minimum atomic E-state index is -1.69. The number of alkyl halides is 1. The van der Waals surface area contributed by atoms with E-state index in [9.17, 15) is 30.5 Å². The number of allylic oxidation sites excluding steroid dienone is 2. The first-order valence-corrected chi connectivity index (χ1v) is 18.5. The Morgan fingerprint density at radius 1 is 1.09 bits per heavy atom. The number of carboxylic acids is 1. The first kappa shape index (κ1) is 41.1. The number of nitrogens with zero attached hydrogens (tertiary/aromatic N) is 3. The Labute approximate surface area is 325 Å². The van der Waals surface area contributed by atoms with E-state index in [0.717, 1.165) is 11.1 Å². The van der Waals surface area contributed by atoms with Crippen molar-refractivity contribution in [1.29, 1.82) is 5.26 Å². The minimum absolute atomic E-state index is 0.0367. The Balaban J connectivity index is 1.38. The third-order valence-electron chi connectivity index (χ3n) is 9.97. The molecule has 1 aliphatic carbocycles. The van der Waals surface area contributed by atoms with Crippen molar-refractivity contribution in [3.8, 4) is 17.6 Å². The van der Waals surface area contributed by atoms with Gasteiger partial charge in [0, 0.05) is 62.4 Å². The van der Waals surface area contributed by atoms with E-state index >= 15 is 0 Å². The van der Waals surface area contributed by atoms with Crippen LogP contribution in [0.1, 0.15) is 48.4 Å². The van der Waals surface area contributed by atoms with Gasteiger partial charge in [-0.05, 0) is 55.5 Å². The van der Waals surface area contributed by atoms with Gasteiger partial charge in [0.1, 0.15) is 41.3 Å². The number of halogens is 2. The van der Waals surface area contributed by atoms with E-state index in [4.69, 9.17) is 37.4 Å². The normalized spacial score (nSPS) is 21.0. The van der Waals surface area contributed by atoms with E-state index in [1.54, 1.807) is 24.4 Å². The molecule has 0 amide bonds. The highest BCUT2D eigenvalue weighted by Gasteiger charge is 2.51. The number of nitrogens with one attached hydrogen (secondary N) is 1. The van der Waals surface area contributed by atoms with Gasteiger partial charge < -0.3 is 44.9 Å². The molecule has 5 N–H and O–H groups in total. The maximum atomic E-state index is 11.5. The number of ether oxygens (including phenoxy) is 3. The maximum Gasteiger partial charge on any atom is 0.335 e. The number of benzene rings is 2. The molecule has 2 heterocycles. The monoisotopic (exact) mass is 780 g/mol. The summed E-state index contributed by atoms with van der Waals surface area (Å²) in [7, 11) is 0. The van der Waals surface area contributed by atoms with Gasteiger partial charge in [0.2, 0.25) is 0 Å². The number of carboxylic acid groups (broad SMARTS) is 1. The Kier molecular flexibility index (Phi) is 14.1. The SMILES string of the molecule is CC1(Cl)C(c2ccccc2)=CC=CC1(COc1cc(OCc2cncc(C#N)c2)c(CNC(CO)CO)cc1Cl)OCCCN1CCC(O)(C(=O)O)CC1. The lowest BCUT2D eigenvalue weighted by atomic mass is 9.76. The van der Waals surface area contributed by atoms with Gasteiger partial charge in [-0.15, -0.1) is 11.6 Å². The first-order chi connectivity index (χ1) is 25.9. The van der Waals surface area contributed by atoms with Crippen LogP contribution >= 0.6 is 23.2 Å².